The minimum Gasteiger partial charge on any atom is -0.321 e. The third-order valence-electron chi connectivity index (χ3n) is 5.16. The first-order valence-corrected chi connectivity index (χ1v) is 10.1. The molecule has 150 valence electrons. The fourth-order valence-corrected chi connectivity index (χ4v) is 3.79. The Balaban J connectivity index is 1.82. The first kappa shape index (κ1) is 19.9. The Morgan fingerprint density at radius 1 is 0.967 bits per heavy atom. The SMILES string of the molecule is Cc1cccc(N(Cc2cc3cccc(C)c3[nH]c2=O)C(=O)c2ccccc2Cl)c1. The average Bonchev–Trinajstić information content (AvgIpc) is 2.73. The van der Waals surface area contributed by atoms with E-state index in [2.05, 4.69) is 4.98 Å². The summed E-state index contributed by atoms with van der Waals surface area (Å²) < 4.78 is 0. The van der Waals surface area contributed by atoms with Crippen molar-refractivity contribution in [1.29, 1.82) is 0 Å². The minimum absolute atomic E-state index is 0.132. The molecule has 1 aromatic heterocycles. The Morgan fingerprint density at radius 2 is 1.73 bits per heavy atom. The number of anilines is 1. The molecule has 0 radical (unpaired) electrons. The van der Waals surface area contributed by atoms with Crippen LogP contribution in [0.15, 0.2) is 77.6 Å². The highest BCUT2D eigenvalue weighted by atomic mass is 35.5. The van der Waals surface area contributed by atoms with Crippen LogP contribution in [0.1, 0.15) is 27.0 Å². The summed E-state index contributed by atoms with van der Waals surface area (Å²) in [7, 11) is 0. The zero-order valence-electron chi connectivity index (χ0n) is 16.8. The van der Waals surface area contributed by atoms with E-state index in [1.165, 1.54) is 0 Å². The summed E-state index contributed by atoms with van der Waals surface area (Å²) in [6, 6.07) is 22.3. The highest BCUT2D eigenvalue weighted by molar-refractivity contribution is 6.34. The third kappa shape index (κ3) is 3.87. The number of para-hydroxylation sites is 1. The largest absolute Gasteiger partial charge is 0.321 e. The maximum atomic E-state index is 13.4. The zero-order valence-corrected chi connectivity index (χ0v) is 17.5. The Hall–Kier alpha value is -3.37. The fraction of sp³-hybridized carbons (Fsp3) is 0.120. The van der Waals surface area contributed by atoms with Gasteiger partial charge in [0.05, 0.1) is 22.6 Å². The number of hydrogen-bond acceptors (Lipinski definition) is 2. The number of hydrogen-bond donors (Lipinski definition) is 1. The monoisotopic (exact) mass is 416 g/mol. The first-order valence-electron chi connectivity index (χ1n) is 9.68. The number of H-pyrrole nitrogens is 1. The van der Waals surface area contributed by atoms with Crippen molar-refractivity contribution in [2.24, 2.45) is 0 Å². The Labute approximate surface area is 179 Å². The van der Waals surface area contributed by atoms with Crippen LogP contribution in [0.2, 0.25) is 5.02 Å². The van der Waals surface area contributed by atoms with Gasteiger partial charge < -0.3 is 9.88 Å². The molecule has 4 nitrogen and oxygen atoms in total. The molecular formula is C25H21ClN2O2. The summed E-state index contributed by atoms with van der Waals surface area (Å²) in [4.78, 5) is 30.8. The van der Waals surface area contributed by atoms with E-state index in [0.717, 1.165) is 22.0 Å². The molecule has 0 atom stereocenters. The molecule has 0 aliphatic heterocycles. The maximum absolute atomic E-state index is 13.4. The molecule has 0 aliphatic carbocycles. The van der Waals surface area contributed by atoms with Crippen molar-refractivity contribution in [3.63, 3.8) is 0 Å². The molecule has 0 fully saturated rings. The molecule has 3 aromatic carbocycles. The molecule has 0 aliphatic rings. The molecule has 4 aromatic rings. The number of nitrogens with zero attached hydrogens (tertiary/aromatic N) is 1. The van der Waals surface area contributed by atoms with E-state index in [4.69, 9.17) is 11.6 Å². The number of aromatic amines is 1. The minimum atomic E-state index is -0.255. The topological polar surface area (TPSA) is 53.2 Å². The van der Waals surface area contributed by atoms with Gasteiger partial charge in [0.1, 0.15) is 0 Å². The van der Waals surface area contributed by atoms with E-state index in [0.29, 0.717) is 21.8 Å². The third-order valence-corrected chi connectivity index (χ3v) is 5.49. The highest BCUT2D eigenvalue weighted by Gasteiger charge is 2.22. The molecule has 1 heterocycles. The van der Waals surface area contributed by atoms with Crippen molar-refractivity contribution in [3.05, 3.63) is 110 Å². The van der Waals surface area contributed by atoms with Crippen molar-refractivity contribution < 1.29 is 4.79 Å². The number of nitrogens with one attached hydrogen (secondary N) is 1. The second-order valence-corrected chi connectivity index (χ2v) is 7.78. The van der Waals surface area contributed by atoms with E-state index in [-0.39, 0.29) is 18.0 Å². The maximum Gasteiger partial charge on any atom is 0.260 e. The first-order chi connectivity index (χ1) is 14.4. The standard InChI is InChI=1S/C25H21ClN2O2/c1-16-7-5-10-20(13-16)28(25(30)21-11-3-4-12-22(21)26)15-19-14-18-9-6-8-17(2)23(18)27-24(19)29/h3-14H,15H2,1-2H3,(H,27,29). The number of halogens is 1. The number of pyridine rings is 1. The van der Waals surface area contributed by atoms with Crippen LogP contribution in [0.4, 0.5) is 5.69 Å². The molecular weight excluding hydrogens is 396 g/mol. The van der Waals surface area contributed by atoms with Crippen LogP contribution in [0, 0.1) is 13.8 Å². The Kier molecular flexibility index (Phi) is 5.42. The van der Waals surface area contributed by atoms with Crippen molar-refractivity contribution in [3.8, 4) is 0 Å². The molecule has 1 amide bonds. The van der Waals surface area contributed by atoms with Crippen LogP contribution < -0.4 is 10.5 Å². The lowest BCUT2D eigenvalue weighted by Crippen LogP contribution is -2.33. The van der Waals surface area contributed by atoms with E-state index in [1.807, 2.05) is 62.4 Å². The van der Waals surface area contributed by atoms with Gasteiger partial charge in [-0.05, 0) is 60.7 Å². The van der Waals surface area contributed by atoms with E-state index in [9.17, 15) is 9.59 Å². The fourth-order valence-electron chi connectivity index (χ4n) is 3.57. The lowest BCUT2D eigenvalue weighted by molar-refractivity contribution is 0.0985. The normalized spacial score (nSPS) is 10.9. The molecule has 4 rings (SSSR count). The van der Waals surface area contributed by atoms with Gasteiger partial charge in [-0.2, -0.15) is 0 Å². The average molecular weight is 417 g/mol. The van der Waals surface area contributed by atoms with Crippen molar-refractivity contribution >= 4 is 34.1 Å². The second-order valence-electron chi connectivity index (χ2n) is 7.37. The molecule has 30 heavy (non-hydrogen) atoms. The quantitative estimate of drug-likeness (QED) is 0.467. The number of aromatic nitrogens is 1. The molecule has 0 saturated heterocycles. The van der Waals surface area contributed by atoms with E-state index >= 15 is 0 Å². The predicted molar refractivity (Wildman–Crippen MR) is 122 cm³/mol. The van der Waals surface area contributed by atoms with Crippen LogP contribution in [0.3, 0.4) is 0 Å². The lowest BCUT2D eigenvalue weighted by Gasteiger charge is -2.24. The van der Waals surface area contributed by atoms with Crippen LogP contribution in [0.5, 0.6) is 0 Å². The van der Waals surface area contributed by atoms with Gasteiger partial charge in [-0.25, -0.2) is 0 Å². The van der Waals surface area contributed by atoms with Gasteiger partial charge in [-0.15, -0.1) is 0 Å². The summed E-state index contributed by atoms with van der Waals surface area (Å²) in [5, 5.41) is 1.31. The number of aryl methyl sites for hydroxylation is 2. The summed E-state index contributed by atoms with van der Waals surface area (Å²) in [6.45, 7) is 4.05. The van der Waals surface area contributed by atoms with Gasteiger partial charge in [0.2, 0.25) is 0 Å². The summed E-state index contributed by atoms with van der Waals surface area (Å²) in [5.74, 6) is -0.255. The van der Waals surface area contributed by atoms with Gasteiger partial charge in [-0.1, -0.05) is 54.1 Å². The molecule has 0 spiro atoms. The second kappa shape index (κ2) is 8.17. The van der Waals surface area contributed by atoms with Crippen molar-refractivity contribution in [1.82, 2.24) is 4.98 Å². The van der Waals surface area contributed by atoms with Gasteiger partial charge in [-0.3, -0.25) is 9.59 Å². The summed E-state index contributed by atoms with van der Waals surface area (Å²) in [5.41, 5.74) is 4.24. The number of carbonyl (C=O) groups excluding carboxylic acids is 1. The zero-order chi connectivity index (χ0) is 21.3. The highest BCUT2D eigenvalue weighted by Crippen LogP contribution is 2.25. The molecule has 0 bridgehead atoms. The van der Waals surface area contributed by atoms with Crippen LogP contribution >= 0.6 is 11.6 Å². The van der Waals surface area contributed by atoms with Crippen molar-refractivity contribution in [2.45, 2.75) is 20.4 Å². The number of fused-ring (bicyclic) bond motifs is 1. The smallest absolute Gasteiger partial charge is 0.260 e. The molecule has 5 heteroatoms. The number of amides is 1. The van der Waals surface area contributed by atoms with E-state index in [1.54, 1.807) is 29.2 Å². The van der Waals surface area contributed by atoms with Crippen LogP contribution in [0.25, 0.3) is 10.9 Å². The predicted octanol–water partition coefficient (Wildman–Crippen LogP) is 5.65. The van der Waals surface area contributed by atoms with Gasteiger partial charge in [0.15, 0.2) is 0 Å². The van der Waals surface area contributed by atoms with Crippen LogP contribution in [-0.2, 0) is 6.54 Å². The molecule has 0 unspecified atom stereocenters. The summed E-state index contributed by atoms with van der Waals surface area (Å²) >= 11 is 6.30. The van der Waals surface area contributed by atoms with Gasteiger partial charge >= 0.3 is 0 Å². The number of rotatable bonds is 4. The Morgan fingerprint density at radius 3 is 2.50 bits per heavy atom. The number of carbonyl (C=O) groups is 1. The van der Waals surface area contributed by atoms with Gasteiger partial charge in [0, 0.05) is 11.3 Å². The van der Waals surface area contributed by atoms with Gasteiger partial charge in [0.25, 0.3) is 11.5 Å². The van der Waals surface area contributed by atoms with E-state index < -0.39 is 0 Å². The lowest BCUT2D eigenvalue weighted by atomic mass is 10.1. The number of benzene rings is 3. The van der Waals surface area contributed by atoms with Crippen molar-refractivity contribution in [2.75, 3.05) is 4.90 Å². The molecule has 1 N–H and O–H groups in total. The molecule has 0 saturated carbocycles. The Bertz CT molecular complexity index is 1310. The summed E-state index contributed by atoms with van der Waals surface area (Å²) in [6.07, 6.45) is 0. The van der Waals surface area contributed by atoms with Crippen LogP contribution in [-0.4, -0.2) is 10.9 Å².